The summed E-state index contributed by atoms with van der Waals surface area (Å²) in [6.45, 7) is 0.231. The first-order chi connectivity index (χ1) is 14.0. The van der Waals surface area contributed by atoms with Gasteiger partial charge < -0.3 is 20.9 Å². The molecule has 0 aliphatic heterocycles. The minimum atomic E-state index is -1.06. The summed E-state index contributed by atoms with van der Waals surface area (Å²) in [7, 11) is 0. The third-order valence-electron chi connectivity index (χ3n) is 4.24. The fourth-order valence-electron chi connectivity index (χ4n) is 2.67. The maximum absolute atomic E-state index is 12.9. The number of carboxylic acid groups (broad SMARTS) is 1. The van der Waals surface area contributed by atoms with Gasteiger partial charge in [-0.15, -0.1) is 0 Å². The van der Waals surface area contributed by atoms with E-state index in [2.05, 4.69) is 17.9 Å². The third-order valence-corrected chi connectivity index (χ3v) is 5.30. The van der Waals surface area contributed by atoms with Gasteiger partial charge in [0.15, 0.2) is 0 Å². The molecule has 0 saturated heterocycles. The Kier molecular flexibility index (Phi) is 9.37. The summed E-state index contributed by atoms with van der Waals surface area (Å²) < 4.78 is 5.80. The highest BCUT2D eigenvalue weighted by atomic mass is 32.2. The van der Waals surface area contributed by atoms with E-state index in [0.717, 1.165) is 10.8 Å². The van der Waals surface area contributed by atoms with Crippen LogP contribution in [0.1, 0.15) is 16.8 Å². The average Bonchev–Trinajstić information content (AvgIpc) is 2.72. The molecule has 4 N–H and O–H groups in total. The Bertz CT molecular complexity index is 873. The van der Waals surface area contributed by atoms with Crippen molar-refractivity contribution < 1.29 is 19.4 Å². The van der Waals surface area contributed by atoms with Crippen molar-refractivity contribution in [2.45, 2.75) is 18.5 Å². The first kappa shape index (κ1) is 23.1. The molecule has 29 heavy (non-hydrogen) atoms. The van der Waals surface area contributed by atoms with E-state index in [9.17, 15) is 14.7 Å². The molecule has 8 heteroatoms. The SMILES string of the molecule is CSCCC(NC(=O)c1cc2ccccc2cc1OCC=CC(N)CS)C(=O)O. The summed E-state index contributed by atoms with van der Waals surface area (Å²) in [5.41, 5.74) is 6.09. The standard InChI is InChI=1S/C21H26N2O4S2/c1-29-10-8-18(21(25)26)23-20(24)17-11-14-5-2-3-6-15(14)12-19(17)27-9-4-7-16(22)13-28/h2-7,11-12,16,18,28H,8-10,13,22H2,1H3,(H,23,24)(H,25,26). The second-order valence-electron chi connectivity index (χ2n) is 6.43. The number of nitrogens with two attached hydrogens (primary N) is 1. The fraction of sp³-hybridized carbons (Fsp3) is 0.333. The number of amides is 1. The van der Waals surface area contributed by atoms with Crippen molar-refractivity contribution >= 4 is 47.0 Å². The monoisotopic (exact) mass is 434 g/mol. The minimum absolute atomic E-state index is 0.172. The van der Waals surface area contributed by atoms with E-state index < -0.39 is 17.9 Å². The summed E-state index contributed by atoms with van der Waals surface area (Å²) >= 11 is 5.65. The number of thiol groups is 1. The Morgan fingerprint density at radius 1 is 1.31 bits per heavy atom. The van der Waals surface area contributed by atoms with Gasteiger partial charge in [0.25, 0.3) is 5.91 Å². The van der Waals surface area contributed by atoms with Crippen LogP contribution >= 0.6 is 24.4 Å². The van der Waals surface area contributed by atoms with Crippen LogP contribution in [0.5, 0.6) is 5.75 Å². The quantitative estimate of drug-likeness (QED) is 0.320. The molecule has 0 fully saturated rings. The molecule has 156 valence electrons. The van der Waals surface area contributed by atoms with E-state index in [4.69, 9.17) is 10.5 Å². The molecule has 2 atom stereocenters. The van der Waals surface area contributed by atoms with Crippen LogP contribution < -0.4 is 15.8 Å². The lowest BCUT2D eigenvalue weighted by Crippen LogP contribution is -2.41. The number of carbonyl (C=O) groups excluding carboxylic acids is 1. The normalized spacial score (nSPS) is 13.3. The highest BCUT2D eigenvalue weighted by molar-refractivity contribution is 7.98. The smallest absolute Gasteiger partial charge is 0.326 e. The predicted octanol–water partition coefficient (Wildman–Crippen LogP) is 2.97. The highest BCUT2D eigenvalue weighted by Crippen LogP contribution is 2.26. The maximum Gasteiger partial charge on any atom is 0.326 e. The van der Waals surface area contributed by atoms with Crippen LogP contribution in [0.15, 0.2) is 48.6 Å². The van der Waals surface area contributed by atoms with Crippen LogP contribution in [0, 0.1) is 0 Å². The number of nitrogens with one attached hydrogen (secondary N) is 1. The fourth-order valence-corrected chi connectivity index (χ4v) is 3.27. The van der Waals surface area contributed by atoms with Crippen LogP contribution in [-0.4, -0.2) is 53.4 Å². The lowest BCUT2D eigenvalue weighted by atomic mass is 10.0. The van der Waals surface area contributed by atoms with Crippen molar-refractivity contribution in [3.8, 4) is 5.75 Å². The van der Waals surface area contributed by atoms with E-state index in [1.165, 1.54) is 11.8 Å². The molecule has 2 aromatic rings. The molecule has 0 heterocycles. The number of carboxylic acids is 1. The van der Waals surface area contributed by atoms with Crippen LogP contribution in [0.25, 0.3) is 10.8 Å². The predicted molar refractivity (Wildman–Crippen MR) is 122 cm³/mol. The van der Waals surface area contributed by atoms with Crippen LogP contribution in [0.3, 0.4) is 0 Å². The average molecular weight is 435 g/mol. The molecule has 0 bridgehead atoms. The zero-order valence-corrected chi connectivity index (χ0v) is 17.9. The zero-order valence-electron chi connectivity index (χ0n) is 16.2. The van der Waals surface area contributed by atoms with Gasteiger partial charge in [-0.2, -0.15) is 24.4 Å². The van der Waals surface area contributed by atoms with Crippen LogP contribution in [0.4, 0.5) is 0 Å². The first-order valence-corrected chi connectivity index (χ1v) is 11.2. The maximum atomic E-state index is 12.9. The molecular formula is C21H26N2O4S2. The lowest BCUT2D eigenvalue weighted by molar-refractivity contribution is -0.139. The molecule has 2 rings (SSSR count). The van der Waals surface area contributed by atoms with Crippen LogP contribution in [0.2, 0.25) is 0 Å². The Morgan fingerprint density at radius 2 is 2.00 bits per heavy atom. The highest BCUT2D eigenvalue weighted by Gasteiger charge is 2.22. The van der Waals surface area contributed by atoms with Gasteiger partial charge in [-0.25, -0.2) is 4.79 Å². The van der Waals surface area contributed by atoms with Crippen molar-refractivity contribution in [2.24, 2.45) is 5.73 Å². The number of hydrogen-bond donors (Lipinski definition) is 4. The number of carbonyl (C=O) groups is 2. The number of ether oxygens (including phenoxy) is 1. The van der Waals surface area contributed by atoms with Gasteiger partial charge in [0.05, 0.1) is 5.56 Å². The lowest BCUT2D eigenvalue weighted by Gasteiger charge is -2.16. The van der Waals surface area contributed by atoms with Crippen molar-refractivity contribution in [1.82, 2.24) is 5.32 Å². The van der Waals surface area contributed by atoms with Crippen molar-refractivity contribution in [3.63, 3.8) is 0 Å². The number of thioether (sulfide) groups is 1. The van der Waals surface area contributed by atoms with E-state index in [0.29, 0.717) is 29.2 Å². The second kappa shape index (κ2) is 11.7. The van der Waals surface area contributed by atoms with Gasteiger partial charge >= 0.3 is 5.97 Å². The Balaban J connectivity index is 2.27. The summed E-state index contributed by atoms with van der Waals surface area (Å²) in [6, 6.07) is 9.98. The van der Waals surface area contributed by atoms with Crippen molar-refractivity contribution in [1.29, 1.82) is 0 Å². The zero-order chi connectivity index (χ0) is 21.2. The van der Waals surface area contributed by atoms with E-state index in [1.54, 1.807) is 24.3 Å². The minimum Gasteiger partial charge on any atom is -0.489 e. The number of benzene rings is 2. The molecule has 0 aliphatic carbocycles. The molecule has 0 radical (unpaired) electrons. The molecular weight excluding hydrogens is 408 g/mol. The third kappa shape index (κ3) is 6.99. The number of fused-ring (bicyclic) bond motifs is 1. The first-order valence-electron chi connectivity index (χ1n) is 9.17. The van der Waals surface area contributed by atoms with Gasteiger partial charge in [-0.3, -0.25) is 4.79 Å². The number of rotatable bonds is 11. The summed E-state index contributed by atoms with van der Waals surface area (Å²) in [6.07, 6.45) is 5.80. The number of hydrogen-bond acceptors (Lipinski definition) is 6. The van der Waals surface area contributed by atoms with Crippen molar-refractivity contribution in [2.75, 3.05) is 24.4 Å². The van der Waals surface area contributed by atoms with Crippen LogP contribution in [-0.2, 0) is 4.79 Å². The van der Waals surface area contributed by atoms with Gasteiger partial charge in [0.2, 0.25) is 0 Å². The molecule has 6 nitrogen and oxygen atoms in total. The topological polar surface area (TPSA) is 102 Å². The van der Waals surface area contributed by atoms with E-state index in [-0.39, 0.29) is 12.6 Å². The number of aliphatic carboxylic acids is 1. The molecule has 2 aromatic carbocycles. The molecule has 0 aromatic heterocycles. The summed E-state index contributed by atoms with van der Waals surface area (Å²) in [5, 5.41) is 13.8. The van der Waals surface area contributed by atoms with Gasteiger partial charge in [0, 0.05) is 11.8 Å². The molecule has 0 saturated carbocycles. The molecule has 1 amide bonds. The van der Waals surface area contributed by atoms with Gasteiger partial charge in [-0.05, 0) is 47.4 Å². The van der Waals surface area contributed by atoms with Gasteiger partial charge in [-0.1, -0.05) is 30.3 Å². The Hall–Kier alpha value is -2.16. The molecule has 2 unspecified atom stereocenters. The second-order valence-corrected chi connectivity index (χ2v) is 7.78. The Morgan fingerprint density at radius 3 is 2.62 bits per heavy atom. The summed E-state index contributed by atoms with van der Waals surface area (Å²) in [4.78, 5) is 24.4. The molecule has 0 aliphatic rings. The van der Waals surface area contributed by atoms with Gasteiger partial charge in [0.1, 0.15) is 18.4 Å². The van der Waals surface area contributed by atoms with Crippen molar-refractivity contribution in [3.05, 3.63) is 54.1 Å². The largest absolute Gasteiger partial charge is 0.489 e. The molecule has 0 spiro atoms. The Labute approximate surface area is 180 Å². The van der Waals surface area contributed by atoms with E-state index in [1.807, 2.05) is 30.5 Å². The summed E-state index contributed by atoms with van der Waals surface area (Å²) in [5.74, 6) is 0.00953. The van der Waals surface area contributed by atoms with E-state index >= 15 is 0 Å².